The third kappa shape index (κ3) is 9.55. The largest absolute Gasteiger partial charge is 0.509 e. The molecule has 1 saturated heterocycles. The number of nitrogens with one attached hydrogen (secondary N) is 1. The zero-order valence-electron chi connectivity index (χ0n) is 21.5. The Balaban J connectivity index is 0.00000210. The maximum atomic E-state index is 12.3. The lowest BCUT2D eigenvalue weighted by molar-refractivity contribution is -0.127. The van der Waals surface area contributed by atoms with Crippen molar-refractivity contribution >= 4 is 17.6 Å². The lowest BCUT2D eigenvalue weighted by Gasteiger charge is -2.37. The van der Waals surface area contributed by atoms with Crippen LogP contribution in [0.1, 0.15) is 52.4 Å². The highest BCUT2D eigenvalue weighted by Crippen LogP contribution is 2.26. The molecule has 2 heterocycles. The minimum atomic E-state index is 0.0286. The molecule has 1 saturated carbocycles. The molecule has 0 aromatic carbocycles. The normalized spacial score (nSPS) is 21.9. The lowest BCUT2D eigenvalue weighted by Crippen LogP contribution is -2.46. The second-order valence-corrected chi connectivity index (χ2v) is 8.79. The van der Waals surface area contributed by atoms with Gasteiger partial charge in [-0.05, 0) is 37.7 Å². The molecule has 1 amide bonds. The first-order valence-electron chi connectivity index (χ1n) is 12.9. The number of likely N-dealkylation sites (tertiary alicyclic amines) is 1. The van der Waals surface area contributed by atoms with Crippen molar-refractivity contribution in [2.75, 3.05) is 26.2 Å². The molecule has 0 spiro atoms. The van der Waals surface area contributed by atoms with Gasteiger partial charge in [0.15, 0.2) is 0 Å². The van der Waals surface area contributed by atoms with Crippen molar-refractivity contribution in [2.45, 2.75) is 52.4 Å². The summed E-state index contributed by atoms with van der Waals surface area (Å²) >= 11 is 0. The van der Waals surface area contributed by atoms with Crippen molar-refractivity contribution in [1.29, 1.82) is 0 Å². The highest BCUT2D eigenvalue weighted by atomic mass is 16.3. The van der Waals surface area contributed by atoms with Crippen molar-refractivity contribution in [3.05, 3.63) is 73.1 Å². The number of piperidine rings is 1. The standard InChI is InChI=1S/C27H36N4O2.C2H6/c1-3-4-6-13-24-19-28-25(16-8-5-7-11-21(2)32)30-26(24)31-17-10-12-22(20-31)18-29-27(33)23-14-9-15-23;1-2/h3-8,11,13,22-23,32H,1-2,9-10,12,14-20H2,(H,29,33);1-2H3/b6-4-,8-5-,11-7-,24-13+;. The number of nitrogens with zero attached hydrogens (tertiary/aromatic N) is 3. The fourth-order valence-electron chi connectivity index (χ4n) is 4.14. The molecule has 0 aromatic rings. The van der Waals surface area contributed by atoms with Gasteiger partial charge in [-0.15, -0.1) is 0 Å². The molecule has 0 bridgehead atoms. The lowest BCUT2D eigenvalue weighted by atomic mass is 9.84. The van der Waals surface area contributed by atoms with Crippen LogP contribution in [0, 0.1) is 11.8 Å². The van der Waals surface area contributed by atoms with Gasteiger partial charge < -0.3 is 15.3 Å². The quantitative estimate of drug-likeness (QED) is 0.330. The summed E-state index contributed by atoms with van der Waals surface area (Å²) in [5, 5.41) is 12.3. The Morgan fingerprint density at radius 3 is 2.66 bits per heavy atom. The zero-order chi connectivity index (χ0) is 25.5. The van der Waals surface area contributed by atoms with Crippen LogP contribution in [0.2, 0.25) is 0 Å². The molecule has 3 rings (SSSR count). The monoisotopic (exact) mass is 478 g/mol. The summed E-state index contributed by atoms with van der Waals surface area (Å²) < 4.78 is 0. The Kier molecular flexibility index (Phi) is 12.6. The molecule has 2 N–H and O–H groups in total. The predicted molar refractivity (Wildman–Crippen MR) is 148 cm³/mol. The number of aliphatic hydroxyl groups excluding tert-OH is 1. The molecule has 35 heavy (non-hydrogen) atoms. The number of rotatable bonds is 9. The van der Waals surface area contributed by atoms with Gasteiger partial charge in [0.2, 0.25) is 5.91 Å². The highest BCUT2D eigenvalue weighted by Gasteiger charge is 2.28. The summed E-state index contributed by atoms with van der Waals surface area (Å²) in [6, 6.07) is 0. The Morgan fingerprint density at radius 1 is 1.17 bits per heavy atom. The fourth-order valence-corrected chi connectivity index (χ4v) is 4.14. The van der Waals surface area contributed by atoms with E-state index in [0.29, 0.717) is 18.9 Å². The van der Waals surface area contributed by atoms with Crippen LogP contribution in [0.15, 0.2) is 83.1 Å². The van der Waals surface area contributed by atoms with E-state index in [-0.39, 0.29) is 17.6 Å². The van der Waals surface area contributed by atoms with Crippen molar-refractivity contribution in [2.24, 2.45) is 21.8 Å². The van der Waals surface area contributed by atoms with Gasteiger partial charge in [0.1, 0.15) is 17.4 Å². The molecule has 1 unspecified atom stereocenters. The predicted octanol–water partition coefficient (Wildman–Crippen LogP) is 5.69. The van der Waals surface area contributed by atoms with E-state index >= 15 is 0 Å². The van der Waals surface area contributed by atoms with E-state index < -0.39 is 0 Å². The number of allylic oxidation sites excluding steroid dienone is 7. The number of amides is 1. The van der Waals surface area contributed by atoms with Gasteiger partial charge in [-0.2, -0.15) is 0 Å². The van der Waals surface area contributed by atoms with Gasteiger partial charge in [0, 0.05) is 37.5 Å². The Hall–Kier alpha value is -3.15. The maximum Gasteiger partial charge on any atom is 0.223 e. The van der Waals surface area contributed by atoms with E-state index in [0.717, 1.165) is 62.6 Å². The molecule has 1 atom stereocenters. The van der Waals surface area contributed by atoms with Crippen LogP contribution >= 0.6 is 0 Å². The van der Waals surface area contributed by atoms with E-state index in [1.807, 2.05) is 38.2 Å². The Morgan fingerprint density at radius 2 is 1.97 bits per heavy atom. The summed E-state index contributed by atoms with van der Waals surface area (Å²) in [7, 11) is 0. The summed E-state index contributed by atoms with van der Waals surface area (Å²) in [6.45, 7) is 14.3. The zero-order valence-corrected chi connectivity index (χ0v) is 21.5. The number of aliphatic imine (C=N–C) groups is 2. The van der Waals surface area contributed by atoms with Gasteiger partial charge in [0.25, 0.3) is 0 Å². The third-order valence-corrected chi connectivity index (χ3v) is 6.19. The number of aliphatic hydroxyl groups is 1. The minimum absolute atomic E-state index is 0.0286. The van der Waals surface area contributed by atoms with Crippen molar-refractivity contribution < 1.29 is 9.90 Å². The molecular weight excluding hydrogens is 436 g/mol. The van der Waals surface area contributed by atoms with Crippen LogP contribution in [-0.2, 0) is 4.79 Å². The van der Waals surface area contributed by atoms with E-state index in [2.05, 4.69) is 34.4 Å². The second kappa shape index (κ2) is 15.7. The van der Waals surface area contributed by atoms with Crippen molar-refractivity contribution in [1.82, 2.24) is 10.2 Å². The average molecular weight is 479 g/mol. The van der Waals surface area contributed by atoms with Gasteiger partial charge >= 0.3 is 0 Å². The molecule has 0 aromatic heterocycles. The molecule has 2 aliphatic heterocycles. The van der Waals surface area contributed by atoms with Gasteiger partial charge in [-0.25, -0.2) is 4.99 Å². The minimum Gasteiger partial charge on any atom is -0.509 e. The first kappa shape index (κ1) is 28.1. The first-order valence-corrected chi connectivity index (χ1v) is 12.9. The molecule has 0 radical (unpaired) electrons. The van der Waals surface area contributed by atoms with E-state index in [1.54, 1.807) is 12.2 Å². The molecular formula is C29H42N4O2. The van der Waals surface area contributed by atoms with Crippen molar-refractivity contribution in [3.63, 3.8) is 0 Å². The number of hydrogen-bond donors (Lipinski definition) is 2. The smallest absolute Gasteiger partial charge is 0.223 e. The molecule has 6 nitrogen and oxygen atoms in total. The number of hydrogen-bond acceptors (Lipinski definition) is 5. The van der Waals surface area contributed by atoms with E-state index in [9.17, 15) is 4.79 Å². The second-order valence-electron chi connectivity index (χ2n) is 8.79. The summed E-state index contributed by atoms with van der Waals surface area (Å²) in [4.78, 5) is 24.2. The van der Waals surface area contributed by atoms with Crippen LogP contribution in [0.25, 0.3) is 0 Å². The highest BCUT2D eigenvalue weighted by molar-refractivity contribution is 6.08. The van der Waals surface area contributed by atoms with Crippen LogP contribution in [0.3, 0.4) is 0 Å². The third-order valence-electron chi connectivity index (χ3n) is 6.19. The Labute approximate surface area is 211 Å². The molecule has 190 valence electrons. The van der Waals surface area contributed by atoms with Gasteiger partial charge in [-0.1, -0.05) is 76.0 Å². The molecule has 3 aliphatic rings. The number of amidine groups is 2. The molecule has 1 aliphatic carbocycles. The number of carbonyl (C=O) groups is 1. The van der Waals surface area contributed by atoms with Gasteiger partial charge in [-0.3, -0.25) is 9.79 Å². The van der Waals surface area contributed by atoms with E-state index in [4.69, 9.17) is 10.1 Å². The molecule has 6 heteroatoms. The Bertz CT molecular complexity index is 904. The summed E-state index contributed by atoms with van der Waals surface area (Å²) in [5.74, 6) is 2.69. The first-order chi connectivity index (χ1) is 17.1. The van der Waals surface area contributed by atoms with Crippen molar-refractivity contribution in [3.8, 4) is 0 Å². The van der Waals surface area contributed by atoms with Gasteiger partial charge in [0.05, 0.1) is 6.54 Å². The fraction of sp³-hybridized carbons (Fsp3) is 0.483. The number of carbonyl (C=O) groups excluding carboxylic acids is 1. The summed E-state index contributed by atoms with van der Waals surface area (Å²) in [5.41, 5.74) is 1.09. The SMILES string of the molecule is C=C/C=C\C=C1/CN=C(C/C=C\C=C/C(=C)O)N=C1N1CCCC(CNC(=O)C2CCC2)C1.CC. The van der Waals surface area contributed by atoms with Crippen LogP contribution in [-0.4, -0.2) is 53.8 Å². The van der Waals surface area contributed by atoms with Crippen LogP contribution < -0.4 is 5.32 Å². The average Bonchev–Trinajstić information content (AvgIpc) is 2.83. The maximum absolute atomic E-state index is 12.3. The van der Waals surface area contributed by atoms with E-state index in [1.165, 1.54) is 12.5 Å². The topological polar surface area (TPSA) is 77.3 Å². The van der Waals surface area contributed by atoms with Crippen LogP contribution in [0.5, 0.6) is 0 Å². The summed E-state index contributed by atoms with van der Waals surface area (Å²) in [6.07, 6.45) is 20.9. The van der Waals surface area contributed by atoms with Crippen LogP contribution in [0.4, 0.5) is 0 Å². The molecule has 2 fully saturated rings.